The maximum absolute atomic E-state index is 5.17. The van der Waals surface area contributed by atoms with Crippen molar-refractivity contribution in [3.8, 4) is 5.88 Å². The molecule has 2 atom stereocenters. The summed E-state index contributed by atoms with van der Waals surface area (Å²) in [5.41, 5.74) is 0.239. The average molecular weight is 277 g/mol. The third-order valence-corrected chi connectivity index (χ3v) is 4.55. The first-order valence-corrected chi connectivity index (χ1v) is 7.48. The zero-order chi connectivity index (χ0) is 14.6. The first-order valence-electron chi connectivity index (χ1n) is 7.48. The first-order chi connectivity index (χ1) is 9.55. The first kappa shape index (κ1) is 15.1. The minimum absolute atomic E-state index is 0.239. The molecular formula is C16H27N3O. The lowest BCUT2D eigenvalue weighted by atomic mass is 9.75. The Balaban J connectivity index is 2.05. The highest BCUT2D eigenvalue weighted by Crippen LogP contribution is 2.35. The highest BCUT2D eigenvalue weighted by atomic mass is 16.5. The van der Waals surface area contributed by atoms with Gasteiger partial charge in [0.1, 0.15) is 5.82 Å². The quantitative estimate of drug-likeness (QED) is 0.897. The van der Waals surface area contributed by atoms with Gasteiger partial charge in [-0.1, -0.05) is 25.8 Å². The van der Waals surface area contributed by atoms with E-state index >= 15 is 0 Å². The minimum Gasteiger partial charge on any atom is -0.481 e. The van der Waals surface area contributed by atoms with Crippen LogP contribution >= 0.6 is 0 Å². The normalized spacial score (nSPS) is 26.6. The molecule has 20 heavy (non-hydrogen) atoms. The van der Waals surface area contributed by atoms with Crippen molar-refractivity contribution in [2.24, 2.45) is 5.92 Å². The Bertz CT molecular complexity index is 435. The van der Waals surface area contributed by atoms with Crippen LogP contribution < -0.4 is 10.1 Å². The number of nitrogens with one attached hydrogen (secondary N) is 1. The molecule has 0 saturated heterocycles. The Kier molecular flexibility index (Phi) is 4.86. The molecule has 0 bridgehead atoms. The predicted octanol–water partition coefficient (Wildman–Crippen LogP) is 3.01. The van der Waals surface area contributed by atoms with E-state index in [-0.39, 0.29) is 5.54 Å². The van der Waals surface area contributed by atoms with Crippen LogP contribution in [-0.4, -0.2) is 43.2 Å². The van der Waals surface area contributed by atoms with Crippen LogP contribution in [0.2, 0.25) is 0 Å². The van der Waals surface area contributed by atoms with Crippen LogP contribution in [0.4, 0.5) is 5.82 Å². The lowest BCUT2D eigenvalue weighted by Crippen LogP contribution is -2.52. The number of anilines is 1. The molecule has 1 fully saturated rings. The van der Waals surface area contributed by atoms with E-state index in [0.717, 1.165) is 18.3 Å². The molecule has 1 aliphatic rings. The fourth-order valence-corrected chi connectivity index (χ4v) is 3.24. The van der Waals surface area contributed by atoms with Crippen molar-refractivity contribution in [1.29, 1.82) is 0 Å². The summed E-state index contributed by atoms with van der Waals surface area (Å²) in [6, 6.07) is 5.84. The Labute approximate surface area is 122 Å². The maximum atomic E-state index is 5.17. The Hall–Kier alpha value is -1.29. The standard InChI is InChI=1S/C16H27N3O/c1-13-7-6-10-16(11-13,19(2)3)12-17-14-8-5-9-15(18-14)20-4/h5,8-9,13H,6-7,10-12H2,1-4H3,(H,17,18). The van der Waals surface area contributed by atoms with Gasteiger partial charge >= 0.3 is 0 Å². The summed E-state index contributed by atoms with van der Waals surface area (Å²) >= 11 is 0. The highest BCUT2D eigenvalue weighted by molar-refractivity contribution is 5.37. The van der Waals surface area contributed by atoms with Crippen LogP contribution in [0.1, 0.15) is 32.6 Å². The van der Waals surface area contributed by atoms with Gasteiger partial charge < -0.3 is 15.0 Å². The SMILES string of the molecule is COc1cccc(NCC2(N(C)C)CCCC(C)C2)n1. The largest absolute Gasteiger partial charge is 0.481 e. The molecule has 0 spiro atoms. The van der Waals surface area contributed by atoms with E-state index in [4.69, 9.17) is 4.74 Å². The van der Waals surface area contributed by atoms with E-state index in [0.29, 0.717) is 5.88 Å². The van der Waals surface area contributed by atoms with Gasteiger partial charge in [0.15, 0.2) is 0 Å². The van der Waals surface area contributed by atoms with Gasteiger partial charge in [-0.25, -0.2) is 0 Å². The van der Waals surface area contributed by atoms with Gasteiger partial charge in [0.2, 0.25) is 5.88 Å². The number of methoxy groups -OCH3 is 1. The fraction of sp³-hybridized carbons (Fsp3) is 0.688. The summed E-state index contributed by atoms with van der Waals surface area (Å²) in [6.45, 7) is 3.30. The number of hydrogen-bond donors (Lipinski definition) is 1. The summed E-state index contributed by atoms with van der Waals surface area (Å²) in [7, 11) is 6.04. The average Bonchev–Trinajstić information content (AvgIpc) is 2.45. The molecule has 112 valence electrons. The zero-order valence-electron chi connectivity index (χ0n) is 13.1. The van der Waals surface area contributed by atoms with Crippen molar-refractivity contribution in [3.05, 3.63) is 18.2 Å². The van der Waals surface area contributed by atoms with Crippen molar-refractivity contribution in [2.45, 2.75) is 38.1 Å². The van der Waals surface area contributed by atoms with Crippen LogP contribution in [0.5, 0.6) is 5.88 Å². The summed E-state index contributed by atoms with van der Waals surface area (Å²) in [5, 5.41) is 3.50. The van der Waals surface area contributed by atoms with Gasteiger partial charge in [-0.05, 0) is 38.9 Å². The molecule has 4 heteroatoms. The smallest absolute Gasteiger partial charge is 0.214 e. The molecule has 1 aromatic heterocycles. The highest BCUT2D eigenvalue weighted by Gasteiger charge is 2.36. The number of pyridine rings is 1. The van der Waals surface area contributed by atoms with E-state index in [1.54, 1.807) is 7.11 Å². The molecule has 0 aliphatic heterocycles. The summed E-state index contributed by atoms with van der Waals surface area (Å²) in [4.78, 5) is 6.82. The lowest BCUT2D eigenvalue weighted by Gasteiger charge is -2.45. The molecule has 1 saturated carbocycles. The second-order valence-electron chi connectivity index (χ2n) is 6.24. The maximum Gasteiger partial charge on any atom is 0.214 e. The Morgan fingerprint density at radius 3 is 2.90 bits per heavy atom. The number of hydrogen-bond acceptors (Lipinski definition) is 4. The van der Waals surface area contributed by atoms with Gasteiger partial charge in [0, 0.05) is 18.2 Å². The van der Waals surface area contributed by atoms with Crippen molar-refractivity contribution >= 4 is 5.82 Å². The number of aromatic nitrogens is 1. The molecule has 1 heterocycles. The molecule has 0 amide bonds. The molecule has 4 nitrogen and oxygen atoms in total. The van der Waals surface area contributed by atoms with Crippen molar-refractivity contribution in [1.82, 2.24) is 9.88 Å². The second kappa shape index (κ2) is 6.44. The third kappa shape index (κ3) is 3.42. The van der Waals surface area contributed by atoms with Crippen LogP contribution in [0, 0.1) is 5.92 Å². The topological polar surface area (TPSA) is 37.4 Å². The molecule has 0 radical (unpaired) electrons. The number of rotatable bonds is 5. The van der Waals surface area contributed by atoms with Gasteiger partial charge in [-0.3, -0.25) is 0 Å². The Morgan fingerprint density at radius 1 is 1.45 bits per heavy atom. The van der Waals surface area contributed by atoms with E-state index < -0.39 is 0 Å². The molecule has 2 rings (SSSR count). The molecule has 1 aliphatic carbocycles. The van der Waals surface area contributed by atoms with Gasteiger partial charge in [0.25, 0.3) is 0 Å². The zero-order valence-corrected chi connectivity index (χ0v) is 13.1. The molecule has 1 aromatic rings. The summed E-state index contributed by atoms with van der Waals surface area (Å²) < 4.78 is 5.17. The third-order valence-electron chi connectivity index (χ3n) is 4.55. The van der Waals surface area contributed by atoms with E-state index in [9.17, 15) is 0 Å². The minimum atomic E-state index is 0.239. The van der Waals surface area contributed by atoms with E-state index in [2.05, 4.69) is 36.2 Å². The summed E-state index contributed by atoms with van der Waals surface area (Å²) in [5.74, 6) is 2.35. The molecule has 2 unspecified atom stereocenters. The monoisotopic (exact) mass is 277 g/mol. The van der Waals surface area contributed by atoms with Crippen molar-refractivity contribution in [3.63, 3.8) is 0 Å². The number of ether oxygens (including phenoxy) is 1. The van der Waals surface area contributed by atoms with Crippen LogP contribution in [0.25, 0.3) is 0 Å². The van der Waals surface area contributed by atoms with E-state index in [1.807, 2.05) is 18.2 Å². The van der Waals surface area contributed by atoms with Crippen LogP contribution in [-0.2, 0) is 0 Å². The molecule has 0 aromatic carbocycles. The predicted molar refractivity (Wildman–Crippen MR) is 83.3 cm³/mol. The fourth-order valence-electron chi connectivity index (χ4n) is 3.24. The number of nitrogens with zero attached hydrogens (tertiary/aromatic N) is 2. The summed E-state index contributed by atoms with van der Waals surface area (Å²) in [6.07, 6.45) is 5.16. The van der Waals surface area contributed by atoms with Gasteiger partial charge in [-0.15, -0.1) is 0 Å². The van der Waals surface area contributed by atoms with Gasteiger partial charge in [0.05, 0.1) is 7.11 Å². The second-order valence-corrected chi connectivity index (χ2v) is 6.24. The molecule has 1 N–H and O–H groups in total. The van der Waals surface area contributed by atoms with Gasteiger partial charge in [-0.2, -0.15) is 4.98 Å². The lowest BCUT2D eigenvalue weighted by molar-refractivity contribution is 0.0881. The molecular weight excluding hydrogens is 250 g/mol. The Morgan fingerprint density at radius 2 is 2.25 bits per heavy atom. The van der Waals surface area contributed by atoms with Crippen LogP contribution in [0.15, 0.2) is 18.2 Å². The van der Waals surface area contributed by atoms with Crippen molar-refractivity contribution in [2.75, 3.05) is 33.1 Å². The van der Waals surface area contributed by atoms with Crippen LogP contribution in [0.3, 0.4) is 0 Å². The van der Waals surface area contributed by atoms with E-state index in [1.165, 1.54) is 25.7 Å². The number of likely N-dealkylation sites (N-methyl/N-ethyl adjacent to an activating group) is 1. The van der Waals surface area contributed by atoms with Crippen molar-refractivity contribution < 1.29 is 4.74 Å².